The molecule has 0 spiro atoms. The van der Waals surface area contributed by atoms with Gasteiger partial charge in [-0.15, -0.1) is 0 Å². The number of anilines is 1. The number of sulfonamides is 1. The first-order valence-corrected chi connectivity index (χ1v) is 13.4. The molecule has 1 aliphatic heterocycles. The lowest BCUT2D eigenvalue weighted by molar-refractivity contribution is -0.130. The second-order valence-electron chi connectivity index (χ2n) is 8.06. The Hall–Kier alpha value is -2.03. The first-order chi connectivity index (χ1) is 16.1. The fourth-order valence-corrected chi connectivity index (χ4v) is 5.54. The van der Waals surface area contributed by atoms with Crippen LogP contribution in [-0.4, -0.2) is 55.7 Å². The first-order valence-electron chi connectivity index (χ1n) is 10.8. The van der Waals surface area contributed by atoms with E-state index in [1.54, 1.807) is 18.2 Å². The van der Waals surface area contributed by atoms with E-state index in [0.717, 1.165) is 22.0 Å². The molecule has 0 bridgehead atoms. The van der Waals surface area contributed by atoms with Crippen LogP contribution in [0.5, 0.6) is 0 Å². The Bertz CT molecular complexity index is 1280. The molecule has 0 aliphatic carbocycles. The molecule has 3 aromatic rings. The van der Waals surface area contributed by atoms with Crippen LogP contribution in [0.4, 0.5) is 5.69 Å². The number of carbonyl (C=O) groups excluding carboxylic acids is 1. The third-order valence-electron chi connectivity index (χ3n) is 5.87. The SMILES string of the molecule is O=C(N1CCN(c2cccc(S(=O)(=O)NCCc3cccc4ccccc34)c2)CC1)C(Cl)(Cl)Cl. The summed E-state index contributed by atoms with van der Waals surface area (Å²) >= 11 is 17.1. The number of rotatable bonds is 6. The van der Waals surface area contributed by atoms with Crippen LogP contribution < -0.4 is 9.62 Å². The van der Waals surface area contributed by atoms with E-state index in [-0.39, 0.29) is 4.90 Å². The van der Waals surface area contributed by atoms with Crippen molar-refractivity contribution in [2.45, 2.75) is 15.1 Å². The van der Waals surface area contributed by atoms with Gasteiger partial charge in [0.1, 0.15) is 0 Å². The number of benzene rings is 3. The number of carbonyl (C=O) groups is 1. The minimum atomic E-state index is -3.68. The van der Waals surface area contributed by atoms with Gasteiger partial charge in [-0.05, 0) is 41.0 Å². The summed E-state index contributed by atoms with van der Waals surface area (Å²) in [6.07, 6.45) is 0.583. The van der Waals surface area contributed by atoms with E-state index in [1.165, 1.54) is 4.90 Å². The number of piperazine rings is 1. The normalized spacial score (nSPS) is 15.0. The van der Waals surface area contributed by atoms with Crippen LogP contribution in [0.25, 0.3) is 10.8 Å². The molecule has 1 N–H and O–H groups in total. The minimum Gasteiger partial charge on any atom is -0.368 e. The van der Waals surface area contributed by atoms with E-state index in [0.29, 0.717) is 39.1 Å². The molecule has 0 unspecified atom stereocenters. The Morgan fingerprint density at radius 3 is 2.32 bits per heavy atom. The number of hydrogen-bond donors (Lipinski definition) is 1. The molecule has 6 nitrogen and oxygen atoms in total. The van der Waals surface area contributed by atoms with Gasteiger partial charge in [0.25, 0.3) is 9.70 Å². The van der Waals surface area contributed by atoms with E-state index in [4.69, 9.17) is 34.8 Å². The molecule has 0 saturated carbocycles. The zero-order valence-corrected chi connectivity index (χ0v) is 21.3. The van der Waals surface area contributed by atoms with Gasteiger partial charge in [0.05, 0.1) is 4.90 Å². The van der Waals surface area contributed by atoms with Gasteiger partial charge in [0.15, 0.2) is 0 Å². The highest BCUT2D eigenvalue weighted by atomic mass is 35.6. The topological polar surface area (TPSA) is 69.7 Å². The predicted molar refractivity (Wildman–Crippen MR) is 138 cm³/mol. The number of amides is 1. The summed E-state index contributed by atoms with van der Waals surface area (Å²) in [5.74, 6) is -0.552. The van der Waals surface area contributed by atoms with E-state index < -0.39 is 19.7 Å². The summed E-state index contributed by atoms with van der Waals surface area (Å²) < 4.78 is 26.6. The molecule has 34 heavy (non-hydrogen) atoms. The zero-order valence-electron chi connectivity index (χ0n) is 18.3. The average molecular weight is 541 g/mol. The second-order valence-corrected chi connectivity index (χ2v) is 12.1. The molecule has 0 aromatic heterocycles. The van der Waals surface area contributed by atoms with Crippen LogP contribution in [0, 0.1) is 0 Å². The Morgan fingerprint density at radius 2 is 1.59 bits per heavy atom. The predicted octanol–water partition coefficient (Wildman–Crippen LogP) is 4.38. The van der Waals surface area contributed by atoms with Crippen molar-refractivity contribution >= 4 is 67.2 Å². The largest absolute Gasteiger partial charge is 0.368 e. The maximum atomic E-state index is 12.9. The third kappa shape index (κ3) is 5.78. The second kappa shape index (κ2) is 10.3. The van der Waals surface area contributed by atoms with Crippen molar-refractivity contribution in [1.29, 1.82) is 0 Å². The number of fused-ring (bicyclic) bond motifs is 1. The molecule has 0 atom stereocenters. The summed E-state index contributed by atoms with van der Waals surface area (Å²) in [5.41, 5.74) is 1.86. The number of nitrogens with one attached hydrogen (secondary N) is 1. The van der Waals surface area contributed by atoms with Crippen LogP contribution in [0.3, 0.4) is 0 Å². The summed E-state index contributed by atoms with van der Waals surface area (Å²) in [5, 5.41) is 2.25. The van der Waals surface area contributed by atoms with Crippen molar-refractivity contribution < 1.29 is 13.2 Å². The van der Waals surface area contributed by atoms with Crippen molar-refractivity contribution in [3.8, 4) is 0 Å². The molecular formula is C24H24Cl3N3O3S. The van der Waals surface area contributed by atoms with Crippen molar-refractivity contribution in [2.24, 2.45) is 0 Å². The van der Waals surface area contributed by atoms with Gasteiger partial charge in [-0.3, -0.25) is 4.79 Å². The van der Waals surface area contributed by atoms with Gasteiger partial charge in [0, 0.05) is 38.4 Å². The van der Waals surface area contributed by atoms with Crippen LogP contribution in [0.15, 0.2) is 71.6 Å². The molecule has 1 fully saturated rings. The lowest BCUT2D eigenvalue weighted by atomic mass is 10.0. The summed E-state index contributed by atoms with van der Waals surface area (Å²) in [6.45, 7) is 2.06. The third-order valence-corrected chi connectivity index (χ3v) is 7.81. The van der Waals surface area contributed by atoms with Gasteiger partial charge < -0.3 is 9.80 Å². The number of alkyl halides is 3. The van der Waals surface area contributed by atoms with E-state index in [2.05, 4.69) is 4.72 Å². The van der Waals surface area contributed by atoms with Crippen molar-refractivity contribution in [2.75, 3.05) is 37.6 Å². The minimum absolute atomic E-state index is 0.197. The molecule has 4 rings (SSSR count). The molecular weight excluding hydrogens is 517 g/mol. The lowest BCUT2D eigenvalue weighted by Crippen LogP contribution is -2.51. The van der Waals surface area contributed by atoms with Crippen LogP contribution in [-0.2, 0) is 21.2 Å². The van der Waals surface area contributed by atoms with Crippen LogP contribution in [0.2, 0.25) is 0 Å². The summed E-state index contributed by atoms with van der Waals surface area (Å²) in [6, 6.07) is 20.9. The molecule has 10 heteroatoms. The van der Waals surface area contributed by atoms with Gasteiger partial charge >= 0.3 is 0 Å². The summed E-state index contributed by atoms with van der Waals surface area (Å²) in [4.78, 5) is 15.9. The molecule has 3 aromatic carbocycles. The highest BCUT2D eigenvalue weighted by Crippen LogP contribution is 2.29. The molecule has 1 heterocycles. The van der Waals surface area contributed by atoms with Crippen molar-refractivity contribution in [3.63, 3.8) is 0 Å². The van der Waals surface area contributed by atoms with Gasteiger partial charge in [-0.1, -0.05) is 83.3 Å². The van der Waals surface area contributed by atoms with E-state index in [1.807, 2.05) is 53.4 Å². The first kappa shape index (κ1) is 25.1. The highest BCUT2D eigenvalue weighted by molar-refractivity contribution is 7.89. The van der Waals surface area contributed by atoms with Crippen LogP contribution in [0.1, 0.15) is 5.56 Å². The molecule has 180 valence electrons. The van der Waals surface area contributed by atoms with Gasteiger partial charge in [-0.25, -0.2) is 13.1 Å². The van der Waals surface area contributed by atoms with Crippen LogP contribution >= 0.6 is 34.8 Å². The molecule has 1 aliphatic rings. The Kier molecular flexibility index (Phi) is 7.60. The fourth-order valence-electron chi connectivity index (χ4n) is 4.11. The smallest absolute Gasteiger partial charge is 0.274 e. The Balaban J connectivity index is 1.39. The highest BCUT2D eigenvalue weighted by Gasteiger charge is 2.36. The number of halogens is 3. The maximum absolute atomic E-state index is 12.9. The Morgan fingerprint density at radius 1 is 0.912 bits per heavy atom. The average Bonchev–Trinajstić information content (AvgIpc) is 2.83. The van der Waals surface area contributed by atoms with E-state index >= 15 is 0 Å². The van der Waals surface area contributed by atoms with Gasteiger partial charge in [-0.2, -0.15) is 0 Å². The quantitative estimate of drug-likeness (QED) is 0.471. The lowest BCUT2D eigenvalue weighted by Gasteiger charge is -2.37. The maximum Gasteiger partial charge on any atom is 0.274 e. The molecule has 0 radical (unpaired) electrons. The standard InChI is InChI=1S/C24H24Cl3N3O3S/c25-24(26,27)23(31)30-15-13-29(14-16-30)20-8-4-9-21(17-20)34(32,33)28-12-11-19-7-3-6-18-5-1-2-10-22(18)19/h1-10,17,28H,11-16H2. The fraction of sp³-hybridized carbons (Fsp3) is 0.292. The van der Waals surface area contributed by atoms with E-state index in [9.17, 15) is 13.2 Å². The molecule has 1 amide bonds. The molecule has 1 saturated heterocycles. The Labute approximate surface area is 214 Å². The zero-order chi connectivity index (χ0) is 24.3. The van der Waals surface area contributed by atoms with Crippen molar-refractivity contribution in [1.82, 2.24) is 9.62 Å². The van der Waals surface area contributed by atoms with Crippen molar-refractivity contribution in [3.05, 3.63) is 72.3 Å². The monoisotopic (exact) mass is 539 g/mol. The number of nitrogens with zero attached hydrogens (tertiary/aromatic N) is 2. The number of hydrogen-bond acceptors (Lipinski definition) is 4. The summed E-state index contributed by atoms with van der Waals surface area (Å²) in [7, 11) is -3.68. The van der Waals surface area contributed by atoms with Gasteiger partial charge in [0.2, 0.25) is 10.0 Å².